The van der Waals surface area contributed by atoms with Gasteiger partial charge in [0.25, 0.3) is 11.6 Å². The molecule has 8 nitrogen and oxygen atoms in total. The normalized spacial score (nSPS) is 10.3. The Morgan fingerprint density at radius 1 is 1.45 bits per heavy atom. The van der Waals surface area contributed by atoms with Crippen LogP contribution in [0.25, 0.3) is 0 Å². The molecule has 0 saturated heterocycles. The summed E-state index contributed by atoms with van der Waals surface area (Å²) in [5, 5.41) is 24.4. The van der Waals surface area contributed by atoms with Crippen LogP contribution in [0.1, 0.15) is 17.3 Å². The van der Waals surface area contributed by atoms with Crippen LogP contribution >= 0.6 is 23.1 Å². The topological polar surface area (TPSA) is 110 Å². The minimum absolute atomic E-state index is 0.149. The molecule has 22 heavy (non-hydrogen) atoms. The third kappa shape index (κ3) is 3.71. The lowest BCUT2D eigenvalue weighted by Gasteiger charge is -2.07. The van der Waals surface area contributed by atoms with Crippen molar-refractivity contribution in [2.45, 2.75) is 11.3 Å². The summed E-state index contributed by atoms with van der Waals surface area (Å²) in [6.07, 6.45) is 0. The fraction of sp³-hybridized carbons (Fsp3) is 0.250. The molecule has 116 valence electrons. The van der Waals surface area contributed by atoms with E-state index in [1.807, 2.05) is 6.92 Å². The molecule has 2 aromatic rings. The van der Waals surface area contributed by atoms with Crippen molar-refractivity contribution in [3.8, 4) is 0 Å². The number of nitro benzene ring substituents is 1. The van der Waals surface area contributed by atoms with Crippen LogP contribution in [0, 0.1) is 10.1 Å². The summed E-state index contributed by atoms with van der Waals surface area (Å²) in [5.74, 6) is 0.384. The number of carbonyl (C=O) groups is 1. The number of nitrogens with zero attached hydrogens (tertiary/aromatic N) is 3. The molecule has 0 atom stereocenters. The fourth-order valence-electron chi connectivity index (χ4n) is 1.66. The van der Waals surface area contributed by atoms with E-state index >= 15 is 0 Å². The molecule has 0 radical (unpaired) electrons. The van der Waals surface area contributed by atoms with Crippen LogP contribution in [-0.4, -0.2) is 33.8 Å². The minimum atomic E-state index is -0.544. The number of carbonyl (C=O) groups excluding carboxylic acids is 1. The zero-order valence-corrected chi connectivity index (χ0v) is 13.5. The van der Waals surface area contributed by atoms with Crippen LogP contribution in [-0.2, 0) is 0 Å². The number of aromatic nitrogens is 2. The third-order valence-corrected chi connectivity index (χ3v) is 4.48. The summed E-state index contributed by atoms with van der Waals surface area (Å²) < 4.78 is 0.755. The lowest BCUT2D eigenvalue weighted by atomic mass is 10.1. The average molecular weight is 339 g/mol. The first-order valence-corrected chi connectivity index (χ1v) is 8.09. The van der Waals surface area contributed by atoms with E-state index in [1.165, 1.54) is 41.3 Å². The highest BCUT2D eigenvalue weighted by Crippen LogP contribution is 2.27. The number of nitrogens with one attached hydrogen (secondary N) is 2. The van der Waals surface area contributed by atoms with Crippen LogP contribution < -0.4 is 10.6 Å². The first kappa shape index (κ1) is 16.2. The monoisotopic (exact) mass is 339 g/mol. The highest BCUT2D eigenvalue weighted by atomic mass is 32.2. The number of non-ortho nitro benzene ring substituents is 1. The van der Waals surface area contributed by atoms with E-state index in [-0.39, 0.29) is 11.3 Å². The van der Waals surface area contributed by atoms with Crippen LogP contribution in [0.15, 0.2) is 22.5 Å². The third-order valence-electron chi connectivity index (χ3n) is 2.62. The van der Waals surface area contributed by atoms with Crippen molar-refractivity contribution in [1.82, 2.24) is 10.2 Å². The molecule has 0 bridgehead atoms. The second-order valence-corrected chi connectivity index (χ2v) is 6.49. The Labute approximate surface area is 134 Å². The van der Waals surface area contributed by atoms with Crippen LogP contribution in [0.2, 0.25) is 0 Å². The zero-order valence-electron chi connectivity index (χ0n) is 11.8. The van der Waals surface area contributed by atoms with Crippen molar-refractivity contribution >= 4 is 45.5 Å². The molecular formula is C12H13N5O3S2. The van der Waals surface area contributed by atoms with E-state index in [2.05, 4.69) is 20.8 Å². The molecule has 1 amide bonds. The number of thioether (sulfide) groups is 1. The van der Waals surface area contributed by atoms with Gasteiger partial charge < -0.3 is 5.32 Å². The standard InChI is InChI=1S/C12H13N5O3S2/c1-3-21-12-16-15-11(22-12)14-10(18)8-6-7(17(19)20)4-5-9(8)13-2/h4-6,13H,3H2,1-2H3,(H,14,15,18). The molecule has 0 spiro atoms. The first-order chi connectivity index (χ1) is 10.5. The number of nitro groups is 1. The molecular weight excluding hydrogens is 326 g/mol. The van der Waals surface area contributed by atoms with Crippen molar-refractivity contribution in [2.75, 3.05) is 23.4 Å². The fourth-order valence-corrected chi connectivity index (χ4v) is 3.30. The van der Waals surface area contributed by atoms with Gasteiger partial charge in [-0.2, -0.15) is 0 Å². The Morgan fingerprint density at radius 2 is 2.23 bits per heavy atom. The van der Waals surface area contributed by atoms with Gasteiger partial charge in [0.15, 0.2) is 4.34 Å². The van der Waals surface area contributed by atoms with Gasteiger partial charge >= 0.3 is 0 Å². The van der Waals surface area contributed by atoms with Gasteiger partial charge in [0, 0.05) is 24.9 Å². The maximum atomic E-state index is 12.3. The number of benzene rings is 1. The van der Waals surface area contributed by atoms with Gasteiger partial charge in [-0.3, -0.25) is 20.2 Å². The van der Waals surface area contributed by atoms with Crippen LogP contribution in [0.3, 0.4) is 0 Å². The lowest BCUT2D eigenvalue weighted by Crippen LogP contribution is -2.14. The molecule has 0 aliphatic heterocycles. The van der Waals surface area contributed by atoms with Gasteiger partial charge in [-0.15, -0.1) is 10.2 Å². The summed E-state index contributed by atoms with van der Waals surface area (Å²) in [7, 11) is 1.64. The quantitative estimate of drug-likeness (QED) is 0.360. The number of hydrogen-bond acceptors (Lipinski definition) is 8. The Bertz CT molecular complexity index is 704. The summed E-state index contributed by atoms with van der Waals surface area (Å²) in [6, 6.07) is 4.05. The molecule has 0 aliphatic rings. The van der Waals surface area contributed by atoms with Crippen molar-refractivity contribution in [3.05, 3.63) is 33.9 Å². The van der Waals surface area contributed by atoms with Gasteiger partial charge in [0.2, 0.25) is 5.13 Å². The minimum Gasteiger partial charge on any atom is -0.387 e. The van der Waals surface area contributed by atoms with Gasteiger partial charge in [0.1, 0.15) is 0 Å². The Morgan fingerprint density at radius 3 is 2.86 bits per heavy atom. The summed E-state index contributed by atoms with van der Waals surface area (Å²) >= 11 is 2.78. The SMILES string of the molecule is CCSc1nnc(NC(=O)c2cc([N+](=O)[O-])ccc2NC)s1. The van der Waals surface area contributed by atoms with Gasteiger partial charge in [0.05, 0.1) is 10.5 Å². The van der Waals surface area contributed by atoms with Crippen molar-refractivity contribution in [3.63, 3.8) is 0 Å². The van der Waals surface area contributed by atoms with Crippen LogP contribution in [0.4, 0.5) is 16.5 Å². The van der Waals surface area contributed by atoms with E-state index in [0.29, 0.717) is 10.8 Å². The summed E-state index contributed by atoms with van der Waals surface area (Å²) in [4.78, 5) is 22.6. The first-order valence-electron chi connectivity index (χ1n) is 6.29. The average Bonchev–Trinajstić information content (AvgIpc) is 2.94. The van der Waals surface area contributed by atoms with E-state index in [4.69, 9.17) is 0 Å². The van der Waals surface area contributed by atoms with Gasteiger partial charge in [-0.25, -0.2) is 0 Å². The lowest BCUT2D eigenvalue weighted by molar-refractivity contribution is -0.384. The van der Waals surface area contributed by atoms with Crippen LogP contribution in [0.5, 0.6) is 0 Å². The van der Waals surface area contributed by atoms with Crippen molar-refractivity contribution < 1.29 is 9.72 Å². The number of rotatable bonds is 6. The molecule has 0 saturated carbocycles. The van der Waals surface area contributed by atoms with Crippen molar-refractivity contribution in [1.29, 1.82) is 0 Å². The number of amides is 1. The molecule has 1 heterocycles. The Kier molecular flexibility index (Phi) is 5.28. The van der Waals surface area contributed by atoms with E-state index in [9.17, 15) is 14.9 Å². The highest BCUT2D eigenvalue weighted by molar-refractivity contribution is 8.01. The zero-order chi connectivity index (χ0) is 16.1. The maximum absolute atomic E-state index is 12.3. The molecule has 2 rings (SSSR count). The number of anilines is 2. The van der Waals surface area contributed by atoms with Gasteiger partial charge in [-0.05, 0) is 11.8 Å². The summed E-state index contributed by atoms with van der Waals surface area (Å²) in [6.45, 7) is 1.99. The number of hydrogen-bond donors (Lipinski definition) is 2. The molecule has 10 heteroatoms. The molecule has 2 N–H and O–H groups in total. The van der Waals surface area contributed by atoms with E-state index in [0.717, 1.165) is 10.1 Å². The molecule has 0 unspecified atom stereocenters. The second kappa shape index (κ2) is 7.18. The Balaban J connectivity index is 2.23. The highest BCUT2D eigenvalue weighted by Gasteiger charge is 2.17. The molecule has 0 aliphatic carbocycles. The predicted octanol–water partition coefficient (Wildman–Crippen LogP) is 2.85. The molecule has 0 fully saturated rings. The van der Waals surface area contributed by atoms with Crippen molar-refractivity contribution in [2.24, 2.45) is 0 Å². The van der Waals surface area contributed by atoms with E-state index < -0.39 is 10.8 Å². The smallest absolute Gasteiger partial charge is 0.270 e. The Hall–Kier alpha value is -2.20. The largest absolute Gasteiger partial charge is 0.387 e. The second-order valence-electron chi connectivity index (χ2n) is 4.00. The maximum Gasteiger partial charge on any atom is 0.270 e. The van der Waals surface area contributed by atoms with Gasteiger partial charge in [-0.1, -0.05) is 30.0 Å². The predicted molar refractivity (Wildman–Crippen MR) is 86.9 cm³/mol. The summed E-state index contributed by atoms with van der Waals surface area (Å²) in [5.41, 5.74) is 0.524. The molecule has 1 aromatic heterocycles. The molecule has 1 aromatic carbocycles. The van der Waals surface area contributed by atoms with E-state index in [1.54, 1.807) is 7.05 Å².